The predicted octanol–water partition coefficient (Wildman–Crippen LogP) is 4.51. The number of carbonyl (C=O) groups is 2. The molecule has 0 aromatic heterocycles. The fourth-order valence-electron chi connectivity index (χ4n) is 2.67. The van der Waals surface area contributed by atoms with Gasteiger partial charge in [-0.05, 0) is 18.8 Å². The highest BCUT2D eigenvalue weighted by Crippen LogP contribution is 2.21. The first-order chi connectivity index (χ1) is 10.5. The second-order valence-corrected chi connectivity index (χ2v) is 6.32. The summed E-state index contributed by atoms with van der Waals surface area (Å²) < 4.78 is 9.47. The van der Waals surface area contributed by atoms with Crippen LogP contribution in [0.4, 0.5) is 0 Å². The molecule has 0 aliphatic rings. The number of ether oxygens (including phenoxy) is 2. The molecule has 0 aliphatic carbocycles. The molecule has 22 heavy (non-hydrogen) atoms. The Kier molecular flexibility index (Phi) is 12.9. The van der Waals surface area contributed by atoms with E-state index in [4.69, 9.17) is 4.74 Å². The molecule has 0 aromatic carbocycles. The molecule has 0 heterocycles. The summed E-state index contributed by atoms with van der Waals surface area (Å²) in [6.07, 6.45) is 10.7. The molecular weight excluding hydrogens is 280 g/mol. The Morgan fingerprint density at radius 3 is 1.73 bits per heavy atom. The van der Waals surface area contributed by atoms with Crippen molar-refractivity contribution >= 4 is 11.9 Å². The van der Waals surface area contributed by atoms with Gasteiger partial charge in [-0.3, -0.25) is 9.59 Å². The molecule has 4 nitrogen and oxygen atoms in total. The lowest BCUT2D eigenvalue weighted by molar-refractivity contribution is -0.147. The molecule has 0 rings (SSSR count). The fourth-order valence-corrected chi connectivity index (χ4v) is 2.67. The monoisotopic (exact) mass is 314 g/mol. The molecule has 0 N–H and O–H groups in total. The molecule has 1 unspecified atom stereocenters. The normalized spacial score (nSPS) is 12.2. The maximum atomic E-state index is 11.6. The Morgan fingerprint density at radius 1 is 0.773 bits per heavy atom. The van der Waals surface area contributed by atoms with Gasteiger partial charge in [-0.1, -0.05) is 58.8 Å². The summed E-state index contributed by atoms with van der Waals surface area (Å²) in [6.45, 7) is 4.16. The van der Waals surface area contributed by atoms with E-state index in [1.165, 1.54) is 46.3 Å². The summed E-state index contributed by atoms with van der Waals surface area (Å²) >= 11 is 0. The summed E-state index contributed by atoms with van der Waals surface area (Å²) in [5.74, 6) is 0.219. The van der Waals surface area contributed by atoms with Crippen molar-refractivity contribution in [2.75, 3.05) is 14.2 Å². The van der Waals surface area contributed by atoms with Gasteiger partial charge in [0.05, 0.1) is 20.1 Å². The van der Waals surface area contributed by atoms with Gasteiger partial charge in [-0.2, -0.15) is 0 Å². The van der Waals surface area contributed by atoms with Crippen molar-refractivity contribution in [1.82, 2.24) is 0 Å². The van der Waals surface area contributed by atoms with Gasteiger partial charge in [0.25, 0.3) is 0 Å². The Morgan fingerprint density at radius 2 is 1.27 bits per heavy atom. The maximum absolute atomic E-state index is 11.6. The lowest BCUT2D eigenvalue weighted by atomic mass is 9.90. The van der Waals surface area contributed by atoms with E-state index in [0.717, 1.165) is 25.7 Å². The highest BCUT2D eigenvalue weighted by molar-refractivity contribution is 5.72. The number of unbranched alkanes of at least 4 members (excludes halogenated alkanes) is 7. The van der Waals surface area contributed by atoms with Gasteiger partial charge in [0.1, 0.15) is 0 Å². The van der Waals surface area contributed by atoms with Gasteiger partial charge in [0.2, 0.25) is 0 Å². The third-order valence-electron chi connectivity index (χ3n) is 4.18. The third-order valence-corrected chi connectivity index (χ3v) is 4.18. The minimum absolute atomic E-state index is 0.0447. The van der Waals surface area contributed by atoms with Crippen LogP contribution in [0, 0.1) is 11.8 Å². The van der Waals surface area contributed by atoms with E-state index >= 15 is 0 Å². The minimum Gasteiger partial charge on any atom is -0.469 e. The van der Waals surface area contributed by atoms with Crippen LogP contribution < -0.4 is 0 Å². The molecule has 0 amide bonds. The van der Waals surface area contributed by atoms with Crippen molar-refractivity contribution in [3.05, 3.63) is 0 Å². The van der Waals surface area contributed by atoms with E-state index < -0.39 is 0 Å². The Hall–Kier alpha value is -1.06. The minimum atomic E-state index is -0.106. The summed E-state index contributed by atoms with van der Waals surface area (Å²) in [5, 5.41) is 0. The molecule has 4 heteroatoms. The number of methoxy groups -OCH3 is 2. The summed E-state index contributed by atoms with van der Waals surface area (Å²) in [7, 11) is 2.91. The van der Waals surface area contributed by atoms with Crippen LogP contribution >= 0.6 is 0 Å². The zero-order chi connectivity index (χ0) is 16.8. The average Bonchev–Trinajstić information content (AvgIpc) is 2.51. The molecule has 1 atom stereocenters. The number of rotatable bonds is 13. The van der Waals surface area contributed by atoms with Crippen molar-refractivity contribution in [2.24, 2.45) is 11.8 Å². The summed E-state index contributed by atoms with van der Waals surface area (Å²) in [6, 6.07) is 0. The zero-order valence-corrected chi connectivity index (χ0v) is 14.9. The van der Waals surface area contributed by atoms with Crippen LogP contribution in [0.1, 0.15) is 78.1 Å². The molecule has 0 radical (unpaired) electrons. The molecular formula is C18H34O4. The fraction of sp³-hybridized carbons (Fsp3) is 0.889. The van der Waals surface area contributed by atoms with Gasteiger partial charge in [-0.25, -0.2) is 0 Å². The molecule has 0 bridgehead atoms. The van der Waals surface area contributed by atoms with Crippen LogP contribution in [-0.2, 0) is 19.1 Å². The second-order valence-electron chi connectivity index (χ2n) is 6.32. The van der Waals surface area contributed by atoms with Crippen LogP contribution in [0.25, 0.3) is 0 Å². The third kappa shape index (κ3) is 10.6. The number of hydrogen-bond donors (Lipinski definition) is 0. The van der Waals surface area contributed by atoms with E-state index in [1.807, 2.05) is 0 Å². The highest BCUT2D eigenvalue weighted by atomic mass is 16.5. The van der Waals surface area contributed by atoms with E-state index in [9.17, 15) is 9.59 Å². The van der Waals surface area contributed by atoms with Crippen molar-refractivity contribution < 1.29 is 19.1 Å². The predicted molar refractivity (Wildman–Crippen MR) is 88.5 cm³/mol. The van der Waals surface area contributed by atoms with E-state index in [0.29, 0.717) is 12.3 Å². The smallest absolute Gasteiger partial charge is 0.308 e. The maximum Gasteiger partial charge on any atom is 0.308 e. The molecule has 0 spiro atoms. The second kappa shape index (κ2) is 13.6. The van der Waals surface area contributed by atoms with Crippen molar-refractivity contribution in [1.29, 1.82) is 0 Å². The molecule has 0 fully saturated rings. The van der Waals surface area contributed by atoms with Crippen LogP contribution in [0.3, 0.4) is 0 Å². The number of hydrogen-bond acceptors (Lipinski definition) is 4. The largest absolute Gasteiger partial charge is 0.469 e. The first-order valence-corrected chi connectivity index (χ1v) is 8.67. The summed E-state index contributed by atoms with van der Waals surface area (Å²) in [5.41, 5.74) is 0. The van der Waals surface area contributed by atoms with E-state index in [2.05, 4.69) is 18.6 Å². The zero-order valence-electron chi connectivity index (χ0n) is 14.9. The molecule has 0 saturated carbocycles. The SMILES string of the molecule is COC(=O)CCCCCCCCCCC(C(=O)OC)C(C)C. The highest BCUT2D eigenvalue weighted by Gasteiger charge is 2.21. The van der Waals surface area contributed by atoms with Gasteiger partial charge in [0.15, 0.2) is 0 Å². The van der Waals surface area contributed by atoms with Gasteiger partial charge >= 0.3 is 11.9 Å². The number of esters is 2. The average molecular weight is 314 g/mol. The van der Waals surface area contributed by atoms with Gasteiger partial charge in [-0.15, -0.1) is 0 Å². The lowest BCUT2D eigenvalue weighted by Gasteiger charge is -2.17. The van der Waals surface area contributed by atoms with Crippen molar-refractivity contribution in [2.45, 2.75) is 78.1 Å². The number of carbonyl (C=O) groups excluding carboxylic acids is 2. The van der Waals surface area contributed by atoms with Crippen molar-refractivity contribution in [3.63, 3.8) is 0 Å². The first-order valence-electron chi connectivity index (χ1n) is 8.67. The van der Waals surface area contributed by atoms with Crippen LogP contribution in [0.5, 0.6) is 0 Å². The van der Waals surface area contributed by atoms with Crippen LogP contribution in [0.15, 0.2) is 0 Å². The van der Waals surface area contributed by atoms with Gasteiger partial charge < -0.3 is 9.47 Å². The van der Waals surface area contributed by atoms with Crippen LogP contribution in [0.2, 0.25) is 0 Å². The lowest BCUT2D eigenvalue weighted by Crippen LogP contribution is -2.21. The topological polar surface area (TPSA) is 52.6 Å². The Balaban J connectivity index is 3.46. The van der Waals surface area contributed by atoms with Gasteiger partial charge in [0, 0.05) is 6.42 Å². The van der Waals surface area contributed by atoms with Crippen molar-refractivity contribution in [3.8, 4) is 0 Å². The quantitative estimate of drug-likeness (QED) is 0.371. The first kappa shape index (κ1) is 20.9. The standard InChI is InChI=1S/C18H34O4/c1-15(2)16(18(20)22-4)13-11-9-7-5-6-8-10-12-14-17(19)21-3/h15-16H,5-14H2,1-4H3. The molecule has 0 aliphatic heterocycles. The van der Waals surface area contributed by atoms with E-state index in [1.54, 1.807) is 0 Å². The van der Waals surface area contributed by atoms with Crippen LogP contribution in [-0.4, -0.2) is 26.2 Å². The Bertz CT molecular complexity index is 299. The molecule has 0 aromatic rings. The molecule has 130 valence electrons. The van der Waals surface area contributed by atoms with E-state index in [-0.39, 0.29) is 17.9 Å². The summed E-state index contributed by atoms with van der Waals surface area (Å²) in [4.78, 5) is 22.6. The molecule has 0 saturated heterocycles. The Labute approximate surface area is 135 Å².